The van der Waals surface area contributed by atoms with Crippen LogP contribution in [-0.2, 0) is 16.1 Å². The van der Waals surface area contributed by atoms with E-state index in [4.69, 9.17) is 4.74 Å². The molecule has 3 aromatic rings. The van der Waals surface area contributed by atoms with Crippen molar-refractivity contribution in [1.29, 1.82) is 0 Å². The Morgan fingerprint density at radius 3 is 2.53 bits per heavy atom. The Bertz CT molecular complexity index is 1150. The summed E-state index contributed by atoms with van der Waals surface area (Å²) in [6.45, 7) is 1.06. The number of H-pyrrole nitrogens is 1. The van der Waals surface area contributed by atoms with Crippen molar-refractivity contribution in [3.8, 4) is 0 Å². The van der Waals surface area contributed by atoms with E-state index in [0.717, 1.165) is 5.56 Å². The number of carbonyl (C=O) groups is 3. The first-order valence-corrected chi connectivity index (χ1v) is 11.0. The molecule has 4 rings (SSSR count). The number of amides is 3. The van der Waals surface area contributed by atoms with Crippen molar-refractivity contribution in [3.05, 3.63) is 59.7 Å². The molecule has 11 heteroatoms. The van der Waals surface area contributed by atoms with Gasteiger partial charge in [0.25, 0.3) is 5.91 Å². The second kappa shape index (κ2) is 10.8. The molecule has 1 unspecified atom stereocenters. The quantitative estimate of drug-likeness (QED) is 0.491. The Labute approximate surface area is 195 Å². The number of nitrogens with one attached hydrogen (secondary N) is 2. The highest BCUT2D eigenvalue weighted by Gasteiger charge is 2.29. The average molecular weight is 466 g/mol. The van der Waals surface area contributed by atoms with Gasteiger partial charge in [0.05, 0.1) is 6.61 Å². The monoisotopic (exact) mass is 466 g/mol. The van der Waals surface area contributed by atoms with Crippen LogP contribution in [0.3, 0.4) is 0 Å². The maximum atomic E-state index is 13.0. The van der Waals surface area contributed by atoms with Crippen LogP contribution >= 0.6 is 0 Å². The van der Waals surface area contributed by atoms with Crippen molar-refractivity contribution in [1.82, 2.24) is 30.5 Å². The Hall–Kier alpha value is -3.99. The van der Waals surface area contributed by atoms with Gasteiger partial charge < -0.3 is 25.0 Å². The summed E-state index contributed by atoms with van der Waals surface area (Å²) in [6.07, 6.45) is 0.120. The molecule has 1 aliphatic rings. The molecule has 1 aromatic heterocycles. The van der Waals surface area contributed by atoms with Gasteiger partial charge in [0, 0.05) is 31.7 Å². The van der Waals surface area contributed by atoms with Crippen molar-refractivity contribution >= 4 is 28.9 Å². The molecular weight excluding hydrogens is 440 g/mol. The zero-order chi connectivity index (χ0) is 23.9. The highest BCUT2D eigenvalue weighted by Crippen LogP contribution is 2.12. The molecule has 0 bridgehead atoms. The predicted octanol–water partition coefficient (Wildman–Crippen LogP) is 0.920. The molecule has 1 saturated heterocycles. The maximum absolute atomic E-state index is 13.0. The van der Waals surface area contributed by atoms with Gasteiger partial charge in [-0.3, -0.25) is 9.59 Å². The zero-order valence-corrected chi connectivity index (χ0v) is 18.5. The molecule has 2 heterocycles. The lowest BCUT2D eigenvalue weighted by atomic mass is 10.1. The number of hydrogen-bond acceptors (Lipinski definition) is 7. The molecule has 1 fully saturated rings. The highest BCUT2D eigenvalue weighted by molar-refractivity contribution is 5.99. The number of aromatic nitrogens is 3. The van der Waals surface area contributed by atoms with Gasteiger partial charge in [0.15, 0.2) is 0 Å². The number of ether oxygens (including phenoxy) is 1. The number of aliphatic hydroxyl groups excluding tert-OH is 1. The maximum Gasteiger partial charge on any atom is 0.410 e. The minimum atomic E-state index is -1.10. The van der Waals surface area contributed by atoms with Gasteiger partial charge in [-0.2, -0.15) is 15.4 Å². The van der Waals surface area contributed by atoms with Crippen LogP contribution in [0.15, 0.2) is 48.5 Å². The largest absolute Gasteiger partial charge is 0.445 e. The first-order chi connectivity index (χ1) is 16.5. The van der Waals surface area contributed by atoms with Crippen molar-refractivity contribution in [2.24, 2.45) is 0 Å². The molecule has 0 radical (unpaired) electrons. The van der Waals surface area contributed by atoms with Crippen LogP contribution in [0.2, 0.25) is 0 Å². The van der Waals surface area contributed by atoms with Crippen LogP contribution in [0, 0.1) is 0 Å². The second-order valence-corrected chi connectivity index (χ2v) is 7.94. The summed E-state index contributed by atoms with van der Waals surface area (Å²) in [5.74, 6) is -0.906. The third kappa shape index (κ3) is 5.49. The fraction of sp³-hybridized carbons (Fsp3) is 0.348. The number of rotatable bonds is 6. The van der Waals surface area contributed by atoms with E-state index in [1.54, 1.807) is 28.0 Å². The lowest BCUT2D eigenvalue weighted by Crippen LogP contribution is -2.51. The lowest BCUT2D eigenvalue weighted by Gasteiger charge is -2.26. The molecule has 2 aromatic carbocycles. The van der Waals surface area contributed by atoms with Crippen LogP contribution < -0.4 is 5.32 Å². The standard InChI is InChI=1S/C23H26N6O5/c30-14-20(24-21(31)17-7-8-18-19(13-17)26-27-25-18)22(32)28-9-4-10-29(12-11-28)23(33)34-15-16-5-2-1-3-6-16/h1-3,5-8,13,20,30H,4,9-12,14-15H2,(H,24,31)(H,25,26,27). The predicted molar refractivity (Wildman–Crippen MR) is 122 cm³/mol. The number of hydrogen-bond donors (Lipinski definition) is 3. The summed E-state index contributed by atoms with van der Waals surface area (Å²) in [5.41, 5.74) is 2.33. The van der Waals surface area contributed by atoms with Crippen molar-refractivity contribution in [2.45, 2.75) is 19.1 Å². The number of aliphatic hydroxyl groups is 1. The van der Waals surface area contributed by atoms with E-state index in [0.29, 0.717) is 42.7 Å². The first kappa shape index (κ1) is 23.2. The van der Waals surface area contributed by atoms with E-state index in [1.807, 2.05) is 30.3 Å². The smallest absolute Gasteiger partial charge is 0.410 e. The van der Waals surface area contributed by atoms with Gasteiger partial charge in [0.1, 0.15) is 23.7 Å². The average Bonchev–Trinajstić information content (AvgIpc) is 3.20. The fourth-order valence-corrected chi connectivity index (χ4v) is 3.76. The molecule has 0 saturated carbocycles. The molecule has 11 nitrogen and oxygen atoms in total. The minimum absolute atomic E-state index is 0.178. The van der Waals surface area contributed by atoms with Crippen molar-refractivity contribution in [2.75, 3.05) is 32.8 Å². The third-order valence-electron chi connectivity index (χ3n) is 5.64. The summed E-state index contributed by atoms with van der Waals surface area (Å²) in [4.78, 5) is 41.2. The molecule has 34 heavy (non-hydrogen) atoms. The molecular formula is C23H26N6O5. The van der Waals surface area contributed by atoms with Crippen molar-refractivity contribution < 1.29 is 24.2 Å². The van der Waals surface area contributed by atoms with Crippen LogP contribution in [0.4, 0.5) is 4.79 Å². The fourth-order valence-electron chi connectivity index (χ4n) is 3.76. The summed E-state index contributed by atoms with van der Waals surface area (Å²) in [6, 6.07) is 13.1. The van der Waals surface area contributed by atoms with E-state index in [-0.39, 0.29) is 13.2 Å². The highest BCUT2D eigenvalue weighted by atomic mass is 16.6. The van der Waals surface area contributed by atoms with E-state index >= 15 is 0 Å². The number of aromatic amines is 1. The van der Waals surface area contributed by atoms with Crippen LogP contribution in [-0.4, -0.2) is 87.1 Å². The summed E-state index contributed by atoms with van der Waals surface area (Å²) < 4.78 is 5.39. The topological polar surface area (TPSA) is 141 Å². The molecule has 3 amide bonds. The molecule has 178 valence electrons. The Morgan fingerprint density at radius 2 is 1.74 bits per heavy atom. The minimum Gasteiger partial charge on any atom is -0.445 e. The molecule has 3 N–H and O–H groups in total. The Balaban J connectivity index is 1.31. The summed E-state index contributed by atoms with van der Waals surface area (Å²) in [5, 5.41) is 22.7. The van der Waals surface area contributed by atoms with E-state index in [9.17, 15) is 19.5 Å². The lowest BCUT2D eigenvalue weighted by molar-refractivity contribution is -0.134. The Morgan fingerprint density at radius 1 is 1.00 bits per heavy atom. The van der Waals surface area contributed by atoms with Gasteiger partial charge in [-0.15, -0.1) is 0 Å². The van der Waals surface area contributed by atoms with Gasteiger partial charge in [-0.05, 0) is 30.2 Å². The van der Waals surface area contributed by atoms with E-state index < -0.39 is 30.6 Å². The molecule has 1 aliphatic heterocycles. The number of benzene rings is 2. The SMILES string of the molecule is O=C(NC(CO)C(=O)N1CCCN(C(=O)OCc2ccccc2)CC1)c1ccc2n[nH]nc2c1. The van der Waals surface area contributed by atoms with Gasteiger partial charge in [-0.25, -0.2) is 4.79 Å². The number of nitrogens with zero attached hydrogens (tertiary/aromatic N) is 4. The van der Waals surface area contributed by atoms with Gasteiger partial charge in [0.2, 0.25) is 5.91 Å². The number of fused-ring (bicyclic) bond motifs is 1. The van der Waals surface area contributed by atoms with E-state index in [2.05, 4.69) is 20.7 Å². The van der Waals surface area contributed by atoms with Gasteiger partial charge in [-0.1, -0.05) is 30.3 Å². The molecule has 0 spiro atoms. The normalized spacial score (nSPS) is 15.0. The third-order valence-corrected chi connectivity index (χ3v) is 5.64. The summed E-state index contributed by atoms with van der Waals surface area (Å²) >= 11 is 0. The Kier molecular flexibility index (Phi) is 7.33. The van der Waals surface area contributed by atoms with E-state index in [1.165, 1.54) is 0 Å². The van der Waals surface area contributed by atoms with Crippen LogP contribution in [0.1, 0.15) is 22.3 Å². The summed E-state index contributed by atoms with van der Waals surface area (Å²) in [7, 11) is 0. The number of carbonyl (C=O) groups excluding carboxylic acids is 3. The molecule has 1 atom stereocenters. The van der Waals surface area contributed by atoms with Gasteiger partial charge >= 0.3 is 6.09 Å². The zero-order valence-electron chi connectivity index (χ0n) is 18.5. The van der Waals surface area contributed by atoms with Crippen LogP contribution in [0.25, 0.3) is 11.0 Å². The van der Waals surface area contributed by atoms with Crippen LogP contribution in [0.5, 0.6) is 0 Å². The van der Waals surface area contributed by atoms with Crippen molar-refractivity contribution in [3.63, 3.8) is 0 Å². The molecule has 0 aliphatic carbocycles. The second-order valence-electron chi connectivity index (χ2n) is 7.94. The first-order valence-electron chi connectivity index (χ1n) is 11.0.